The lowest BCUT2D eigenvalue weighted by Crippen LogP contribution is -1.87. The van der Waals surface area contributed by atoms with Crippen LogP contribution in [0.1, 0.15) is 0 Å². The summed E-state index contributed by atoms with van der Waals surface area (Å²) in [6.07, 6.45) is 0. The first-order valence-electron chi connectivity index (χ1n) is 8.82. The van der Waals surface area contributed by atoms with Gasteiger partial charge in [-0.25, -0.2) is 4.98 Å². The molecule has 5 aromatic carbocycles. The molecule has 0 bridgehead atoms. The highest BCUT2D eigenvalue weighted by Crippen LogP contribution is 2.32. The van der Waals surface area contributed by atoms with Crippen molar-refractivity contribution in [2.24, 2.45) is 0 Å². The van der Waals surface area contributed by atoms with E-state index in [1.807, 2.05) is 0 Å². The Hall–Kier alpha value is -3.45. The summed E-state index contributed by atoms with van der Waals surface area (Å²) in [5.41, 5.74) is 2.08. The van der Waals surface area contributed by atoms with Gasteiger partial charge < -0.3 is 0 Å². The van der Waals surface area contributed by atoms with Gasteiger partial charge in [0.05, 0.1) is 11.0 Å². The van der Waals surface area contributed by atoms with Crippen molar-refractivity contribution in [2.75, 3.05) is 0 Å². The zero-order chi connectivity index (χ0) is 17.1. The monoisotopic (exact) mass is 328 g/mol. The topological polar surface area (TPSA) is 12.9 Å². The lowest BCUT2D eigenvalue weighted by atomic mass is 9.99. The van der Waals surface area contributed by atoms with Crippen molar-refractivity contribution in [3.63, 3.8) is 0 Å². The van der Waals surface area contributed by atoms with E-state index in [0.717, 1.165) is 21.8 Å². The smallest absolute Gasteiger partial charge is 0.0794 e. The van der Waals surface area contributed by atoms with E-state index in [-0.39, 0.29) is 0 Å². The van der Waals surface area contributed by atoms with Gasteiger partial charge in [0.15, 0.2) is 0 Å². The third kappa shape index (κ3) is 1.89. The first-order valence-corrected chi connectivity index (χ1v) is 8.82. The normalized spacial score (nSPS) is 11.8. The first kappa shape index (κ1) is 13.8. The second-order valence-electron chi connectivity index (χ2n) is 6.82. The molecule has 0 fully saturated rings. The van der Waals surface area contributed by atoms with Crippen LogP contribution in [-0.4, -0.2) is 4.98 Å². The van der Waals surface area contributed by atoms with E-state index in [4.69, 9.17) is 4.98 Å². The maximum atomic E-state index is 5.11. The molecular weight excluding hydrogens is 314 g/mol. The summed E-state index contributed by atoms with van der Waals surface area (Å²) < 4.78 is 0. The average Bonchev–Trinajstić information content (AvgIpc) is 2.71. The minimum atomic E-state index is 1.03. The van der Waals surface area contributed by atoms with Gasteiger partial charge in [-0.1, -0.05) is 60.7 Å². The number of benzene rings is 5. The van der Waals surface area contributed by atoms with Crippen LogP contribution in [0.2, 0.25) is 0 Å². The van der Waals surface area contributed by atoms with Gasteiger partial charge in [0.25, 0.3) is 0 Å². The molecule has 0 spiro atoms. The van der Waals surface area contributed by atoms with Gasteiger partial charge in [-0.05, 0) is 51.9 Å². The molecule has 0 saturated carbocycles. The van der Waals surface area contributed by atoms with Gasteiger partial charge >= 0.3 is 0 Å². The van der Waals surface area contributed by atoms with Gasteiger partial charge in [-0.3, -0.25) is 0 Å². The highest BCUT2D eigenvalue weighted by Gasteiger charge is 2.08. The predicted octanol–water partition coefficient (Wildman–Crippen LogP) is 6.65. The summed E-state index contributed by atoms with van der Waals surface area (Å²) in [4.78, 5) is 5.11. The van der Waals surface area contributed by atoms with Crippen LogP contribution in [0.25, 0.3) is 54.1 Å². The average molecular weight is 328 g/mol. The summed E-state index contributed by atoms with van der Waals surface area (Å²) in [7, 11) is 0. The SMILES string of the molecule is [c]1cc2cc3ccccc3cc2c2nc3c(ccc4ccccc43)cc12. The zero-order valence-electron chi connectivity index (χ0n) is 14.0. The van der Waals surface area contributed by atoms with Gasteiger partial charge in [0.2, 0.25) is 0 Å². The maximum absolute atomic E-state index is 5.11. The molecule has 0 N–H and O–H groups in total. The molecule has 0 aliphatic carbocycles. The van der Waals surface area contributed by atoms with Crippen LogP contribution in [0, 0.1) is 6.07 Å². The summed E-state index contributed by atoms with van der Waals surface area (Å²) in [5.74, 6) is 0. The number of rotatable bonds is 0. The summed E-state index contributed by atoms with van der Waals surface area (Å²) in [6.45, 7) is 0. The summed E-state index contributed by atoms with van der Waals surface area (Å²) in [5, 5.41) is 9.51. The van der Waals surface area contributed by atoms with Gasteiger partial charge in [-0.2, -0.15) is 0 Å². The van der Waals surface area contributed by atoms with Crippen LogP contribution in [0.4, 0.5) is 0 Å². The molecule has 1 aromatic heterocycles. The number of pyridine rings is 1. The van der Waals surface area contributed by atoms with E-state index in [0.29, 0.717) is 0 Å². The maximum Gasteiger partial charge on any atom is 0.0794 e. The lowest BCUT2D eigenvalue weighted by Gasteiger charge is -2.09. The molecule has 6 rings (SSSR count). The summed E-state index contributed by atoms with van der Waals surface area (Å²) in [6, 6.07) is 33.5. The number of fused-ring (bicyclic) bond motifs is 7. The molecule has 1 nitrogen and oxygen atoms in total. The Morgan fingerprint density at radius 1 is 0.538 bits per heavy atom. The minimum Gasteiger partial charge on any atom is -0.246 e. The Kier molecular flexibility index (Phi) is 2.67. The Morgan fingerprint density at radius 2 is 1.27 bits per heavy atom. The molecule has 0 amide bonds. The largest absolute Gasteiger partial charge is 0.246 e. The third-order valence-electron chi connectivity index (χ3n) is 5.27. The predicted molar refractivity (Wildman–Crippen MR) is 111 cm³/mol. The molecule has 119 valence electrons. The van der Waals surface area contributed by atoms with Gasteiger partial charge in [0.1, 0.15) is 0 Å². The quantitative estimate of drug-likeness (QED) is 0.225. The molecular formula is C25H14N. The van der Waals surface area contributed by atoms with Crippen LogP contribution >= 0.6 is 0 Å². The number of hydrogen-bond acceptors (Lipinski definition) is 1. The molecule has 0 aliphatic rings. The van der Waals surface area contributed by atoms with Crippen molar-refractivity contribution in [2.45, 2.75) is 0 Å². The number of hydrogen-bond donors (Lipinski definition) is 0. The summed E-state index contributed by atoms with van der Waals surface area (Å²) >= 11 is 0. The second-order valence-corrected chi connectivity index (χ2v) is 6.82. The molecule has 0 aliphatic heterocycles. The molecule has 1 heterocycles. The zero-order valence-corrected chi connectivity index (χ0v) is 14.0. The van der Waals surface area contributed by atoms with Crippen molar-refractivity contribution >= 4 is 54.1 Å². The fourth-order valence-electron chi connectivity index (χ4n) is 3.96. The minimum absolute atomic E-state index is 1.03. The van der Waals surface area contributed by atoms with E-state index < -0.39 is 0 Å². The lowest BCUT2D eigenvalue weighted by molar-refractivity contribution is 1.53. The third-order valence-corrected chi connectivity index (χ3v) is 5.27. The van der Waals surface area contributed by atoms with Gasteiger partial charge in [0, 0.05) is 21.5 Å². The first-order chi connectivity index (χ1) is 12.9. The highest BCUT2D eigenvalue weighted by molar-refractivity contribution is 6.15. The van der Waals surface area contributed by atoms with E-state index in [1.165, 1.54) is 32.3 Å². The van der Waals surface area contributed by atoms with Crippen LogP contribution in [0.15, 0.2) is 84.9 Å². The van der Waals surface area contributed by atoms with Crippen LogP contribution < -0.4 is 0 Å². The Morgan fingerprint density at radius 3 is 2.15 bits per heavy atom. The van der Waals surface area contributed by atoms with Crippen molar-refractivity contribution in [1.29, 1.82) is 0 Å². The second kappa shape index (κ2) is 5.03. The molecule has 0 unspecified atom stereocenters. The van der Waals surface area contributed by atoms with E-state index in [1.54, 1.807) is 0 Å². The molecule has 26 heavy (non-hydrogen) atoms. The molecule has 1 heteroatoms. The molecule has 1 radical (unpaired) electrons. The standard InChI is InChI=1S/C25H14N/c1-2-7-18-15-23-19(13-17(18)6-1)10-12-21-14-20-11-9-16-5-3-4-8-22(16)24(20)26-25(21)23/h1-11,13-15H. The molecule has 0 atom stereocenters. The fraction of sp³-hybridized carbons (Fsp3) is 0. The van der Waals surface area contributed by atoms with Crippen molar-refractivity contribution in [1.82, 2.24) is 4.98 Å². The Labute approximate surface area is 150 Å². The van der Waals surface area contributed by atoms with Crippen LogP contribution in [-0.2, 0) is 0 Å². The molecule has 6 aromatic rings. The van der Waals surface area contributed by atoms with Crippen LogP contribution in [0.5, 0.6) is 0 Å². The van der Waals surface area contributed by atoms with E-state index in [9.17, 15) is 0 Å². The van der Waals surface area contributed by atoms with Gasteiger partial charge in [-0.15, -0.1) is 0 Å². The number of aromatic nitrogens is 1. The molecule has 0 saturated heterocycles. The Balaban J connectivity index is 1.83. The van der Waals surface area contributed by atoms with E-state index in [2.05, 4.69) is 91.0 Å². The number of nitrogens with zero attached hydrogens (tertiary/aromatic N) is 1. The fourth-order valence-corrected chi connectivity index (χ4v) is 3.96. The highest BCUT2D eigenvalue weighted by atomic mass is 14.7. The van der Waals surface area contributed by atoms with Crippen molar-refractivity contribution < 1.29 is 0 Å². The van der Waals surface area contributed by atoms with Crippen LogP contribution in [0.3, 0.4) is 0 Å². The Bertz CT molecular complexity index is 1480. The van der Waals surface area contributed by atoms with Crippen molar-refractivity contribution in [3.8, 4) is 0 Å². The van der Waals surface area contributed by atoms with Crippen molar-refractivity contribution in [3.05, 3.63) is 91.0 Å². The van der Waals surface area contributed by atoms with E-state index >= 15 is 0 Å².